The fourth-order valence-corrected chi connectivity index (χ4v) is 8.23. The van der Waals surface area contributed by atoms with Crippen LogP contribution in [0.25, 0.3) is 83.6 Å². The lowest BCUT2D eigenvalue weighted by atomic mass is 9.78. The van der Waals surface area contributed by atoms with Crippen LogP contribution in [0.15, 0.2) is 158 Å². The first-order chi connectivity index (χ1) is 24.6. The molecule has 0 bridgehead atoms. The molecule has 7 aromatic carbocycles. The summed E-state index contributed by atoms with van der Waals surface area (Å²) in [6.45, 7) is 4.71. The minimum Gasteiger partial charge on any atom is -0.277 e. The number of aromatic nitrogens is 4. The molecule has 9 aromatic rings. The van der Waals surface area contributed by atoms with E-state index in [4.69, 9.17) is 15.0 Å². The Balaban J connectivity index is 1.35. The van der Waals surface area contributed by atoms with Crippen molar-refractivity contribution >= 4 is 32.6 Å². The summed E-state index contributed by atoms with van der Waals surface area (Å²) in [5.74, 6) is 1.87. The number of hydrogen-bond donors (Lipinski definition) is 0. The number of hydrogen-bond acceptors (Lipinski definition) is 3. The van der Waals surface area contributed by atoms with E-state index < -0.39 is 0 Å². The van der Waals surface area contributed by atoms with Gasteiger partial charge >= 0.3 is 0 Å². The van der Waals surface area contributed by atoms with Crippen molar-refractivity contribution < 1.29 is 0 Å². The van der Waals surface area contributed by atoms with Crippen molar-refractivity contribution in [1.29, 1.82) is 0 Å². The van der Waals surface area contributed by atoms with Gasteiger partial charge in [0.1, 0.15) is 0 Å². The summed E-state index contributed by atoms with van der Waals surface area (Å²) in [4.78, 5) is 15.6. The molecule has 0 unspecified atom stereocenters. The minimum absolute atomic E-state index is 0.178. The smallest absolute Gasteiger partial charge is 0.238 e. The fraction of sp³-hybridized carbons (Fsp3) is 0.0652. The maximum absolute atomic E-state index is 5.26. The van der Waals surface area contributed by atoms with Gasteiger partial charge in [-0.1, -0.05) is 166 Å². The fourth-order valence-electron chi connectivity index (χ4n) is 8.23. The van der Waals surface area contributed by atoms with Crippen LogP contribution >= 0.6 is 0 Å². The van der Waals surface area contributed by atoms with Crippen LogP contribution in [0.3, 0.4) is 0 Å². The highest BCUT2D eigenvalue weighted by atomic mass is 15.2. The second-order valence-electron chi connectivity index (χ2n) is 13.6. The molecule has 10 rings (SSSR count). The highest BCUT2D eigenvalue weighted by Crippen LogP contribution is 2.53. The molecule has 0 spiro atoms. The largest absolute Gasteiger partial charge is 0.277 e. The van der Waals surface area contributed by atoms with Crippen molar-refractivity contribution in [1.82, 2.24) is 19.5 Å². The average Bonchev–Trinajstić information content (AvgIpc) is 3.65. The third-order valence-corrected chi connectivity index (χ3v) is 10.4. The third kappa shape index (κ3) is 4.15. The molecule has 0 atom stereocenters. The SMILES string of the molecule is CC1(C)c2ccccc2-c2cccc(-c3cccc4c5c6ccccc6ccc5n(-c5nc(-c6ccccc6)nc(-c6ccccc6)n5)c34)c21. The minimum atomic E-state index is -0.178. The summed E-state index contributed by atoms with van der Waals surface area (Å²) in [7, 11) is 0. The average molecular weight is 641 g/mol. The lowest BCUT2D eigenvalue weighted by Gasteiger charge is -2.25. The monoisotopic (exact) mass is 640 g/mol. The van der Waals surface area contributed by atoms with Crippen LogP contribution in [0.2, 0.25) is 0 Å². The van der Waals surface area contributed by atoms with Gasteiger partial charge in [0.15, 0.2) is 11.6 Å². The molecule has 236 valence electrons. The molecule has 1 aliphatic carbocycles. The highest BCUT2D eigenvalue weighted by Gasteiger charge is 2.38. The van der Waals surface area contributed by atoms with Gasteiger partial charge in [-0.15, -0.1) is 0 Å². The molecule has 0 saturated heterocycles. The molecule has 0 saturated carbocycles. The molecule has 0 fully saturated rings. The predicted octanol–water partition coefficient (Wildman–Crippen LogP) is 11.4. The summed E-state index contributed by atoms with van der Waals surface area (Å²) in [6.07, 6.45) is 0. The van der Waals surface area contributed by atoms with Crippen molar-refractivity contribution in [3.8, 4) is 51.0 Å². The zero-order chi connectivity index (χ0) is 33.4. The van der Waals surface area contributed by atoms with Crippen molar-refractivity contribution in [2.75, 3.05) is 0 Å². The second-order valence-corrected chi connectivity index (χ2v) is 13.6. The Labute approximate surface area is 290 Å². The Morgan fingerprint density at radius 2 is 1.02 bits per heavy atom. The molecule has 2 heterocycles. The Bertz CT molecular complexity index is 2720. The predicted molar refractivity (Wildman–Crippen MR) is 206 cm³/mol. The van der Waals surface area contributed by atoms with Gasteiger partial charge in [0.05, 0.1) is 11.0 Å². The Morgan fingerprint density at radius 3 is 1.76 bits per heavy atom. The van der Waals surface area contributed by atoms with Crippen molar-refractivity contribution in [3.05, 3.63) is 169 Å². The van der Waals surface area contributed by atoms with Gasteiger partial charge < -0.3 is 0 Å². The molecule has 1 aliphatic rings. The number of rotatable bonds is 4. The zero-order valence-electron chi connectivity index (χ0n) is 27.8. The molecular formula is C46H32N4. The van der Waals surface area contributed by atoms with Gasteiger partial charge in [-0.05, 0) is 44.7 Å². The highest BCUT2D eigenvalue weighted by molar-refractivity contribution is 6.23. The van der Waals surface area contributed by atoms with Crippen LogP contribution < -0.4 is 0 Å². The number of fused-ring (bicyclic) bond motifs is 8. The molecule has 4 heteroatoms. The normalized spacial score (nSPS) is 13.2. The van der Waals surface area contributed by atoms with Gasteiger partial charge in [-0.25, -0.2) is 4.98 Å². The quantitative estimate of drug-likeness (QED) is 0.192. The van der Waals surface area contributed by atoms with E-state index in [1.807, 2.05) is 36.4 Å². The third-order valence-electron chi connectivity index (χ3n) is 10.4. The maximum atomic E-state index is 5.26. The van der Waals surface area contributed by atoms with Gasteiger partial charge in [0, 0.05) is 32.9 Å². The summed E-state index contributed by atoms with van der Waals surface area (Å²) >= 11 is 0. The van der Waals surface area contributed by atoms with Gasteiger partial charge in [-0.3, -0.25) is 4.57 Å². The lowest BCUT2D eigenvalue weighted by Crippen LogP contribution is -2.16. The van der Waals surface area contributed by atoms with Crippen LogP contribution in [0.5, 0.6) is 0 Å². The van der Waals surface area contributed by atoms with Crippen LogP contribution in [0, 0.1) is 0 Å². The van der Waals surface area contributed by atoms with E-state index in [-0.39, 0.29) is 5.41 Å². The van der Waals surface area contributed by atoms with E-state index in [1.54, 1.807) is 0 Å². The van der Waals surface area contributed by atoms with E-state index in [0.717, 1.165) is 27.7 Å². The lowest BCUT2D eigenvalue weighted by molar-refractivity contribution is 0.662. The molecule has 0 aliphatic heterocycles. The van der Waals surface area contributed by atoms with Gasteiger partial charge in [0.2, 0.25) is 5.95 Å². The van der Waals surface area contributed by atoms with Gasteiger partial charge in [-0.2, -0.15) is 9.97 Å². The first kappa shape index (κ1) is 28.6. The Hall–Kier alpha value is -6.39. The maximum Gasteiger partial charge on any atom is 0.238 e. The summed E-state index contributed by atoms with van der Waals surface area (Å²) < 4.78 is 2.28. The standard InChI is InChI=1S/C46H32N4/c1-46(2)38-26-12-11-21-33(38)34-22-13-23-35(41(34)46)36-24-14-25-37-40-32-20-10-9-15-29(32)27-28-39(40)50(42(36)37)45-48-43(30-16-5-3-6-17-30)47-44(49-45)31-18-7-4-8-19-31/h3-28H,1-2H3. The van der Waals surface area contributed by atoms with E-state index in [1.165, 1.54) is 49.4 Å². The number of benzene rings is 7. The van der Waals surface area contributed by atoms with Crippen molar-refractivity contribution in [3.63, 3.8) is 0 Å². The van der Waals surface area contributed by atoms with Crippen molar-refractivity contribution in [2.24, 2.45) is 0 Å². The summed E-state index contributed by atoms with van der Waals surface area (Å²) in [6, 6.07) is 55.8. The topological polar surface area (TPSA) is 43.6 Å². The summed E-state index contributed by atoms with van der Waals surface area (Å²) in [5, 5.41) is 4.77. The summed E-state index contributed by atoms with van der Waals surface area (Å²) in [5.41, 5.74) is 11.6. The van der Waals surface area contributed by atoms with E-state index >= 15 is 0 Å². The van der Waals surface area contributed by atoms with Gasteiger partial charge in [0.25, 0.3) is 0 Å². The molecule has 0 radical (unpaired) electrons. The van der Waals surface area contributed by atoms with Crippen LogP contribution in [0.1, 0.15) is 25.0 Å². The van der Waals surface area contributed by atoms with E-state index in [9.17, 15) is 0 Å². The van der Waals surface area contributed by atoms with Crippen molar-refractivity contribution in [2.45, 2.75) is 19.3 Å². The molecular weight excluding hydrogens is 609 g/mol. The molecule has 0 N–H and O–H groups in total. The van der Waals surface area contributed by atoms with Crippen LogP contribution in [-0.2, 0) is 5.41 Å². The van der Waals surface area contributed by atoms with E-state index in [2.05, 4.69) is 140 Å². The van der Waals surface area contributed by atoms with E-state index in [0.29, 0.717) is 17.6 Å². The van der Waals surface area contributed by atoms with Crippen LogP contribution in [-0.4, -0.2) is 19.5 Å². The number of para-hydroxylation sites is 1. The molecule has 4 nitrogen and oxygen atoms in total. The Kier molecular flexibility index (Phi) is 6.19. The Morgan fingerprint density at radius 1 is 0.460 bits per heavy atom. The second kappa shape index (κ2) is 10.8. The molecule has 50 heavy (non-hydrogen) atoms. The molecule has 0 amide bonds. The number of nitrogens with zero attached hydrogens (tertiary/aromatic N) is 4. The zero-order valence-corrected chi connectivity index (χ0v) is 27.8. The van der Waals surface area contributed by atoms with Crippen LogP contribution in [0.4, 0.5) is 0 Å². The first-order valence-electron chi connectivity index (χ1n) is 17.1. The first-order valence-corrected chi connectivity index (χ1v) is 17.1. The molecule has 2 aromatic heterocycles.